The number of benzene rings is 2. The molecule has 0 atom stereocenters. The minimum atomic E-state index is -3.45. The maximum absolute atomic E-state index is 13.0. The van der Waals surface area contributed by atoms with E-state index in [4.69, 9.17) is 9.47 Å². The number of carbonyl (C=O) groups excluding carboxylic acids is 1. The van der Waals surface area contributed by atoms with Gasteiger partial charge in [0.2, 0.25) is 10.0 Å². The number of nitrogens with one attached hydrogen (secondary N) is 2. The Balaban J connectivity index is 1.75. The van der Waals surface area contributed by atoms with Crippen LogP contribution in [0.1, 0.15) is 25.3 Å². The van der Waals surface area contributed by atoms with E-state index < -0.39 is 10.0 Å². The van der Waals surface area contributed by atoms with Crippen molar-refractivity contribution in [1.82, 2.24) is 4.90 Å². The number of methoxy groups -OCH3 is 2. The number of hydrogen-bond acceptors (Lipinski definition) is 6. The number of nitrogens with zero attached hydrogens (tertiary/aromatic N) is 1. The van der Waals surface area contributed by atoms with Crippen LogP contribution < -0.4 is 19.5 Å². The van der Waals surface area contributed by atoms with E-state index in [1.165, 1.54) is 20.3 Å². The van der Waals surface area contributed by atoms with Gasteiger partial charge in [0.25, 0.3) is 0 Å². The predicted molar refractivity (Wildman–Crippen MR) is 118 cm³/mol. The first kappa shape index (κ1) is 22.5. The summed E-state index contributed by atoms with van der Waals surface area (Å²) in [4.78, 5) is 14.7. The van der Waals surface area contributed by atoms with E-state index in [0.717, 1.165) is 18.4 Å². The van der Waals surface area contributed by atoms with E-state index in [0.29, 0.717) is 29.4 Å². The molecule has 0 aromatic heterocycles. The van der Waals surface area contributed by atoms with Crippen LogP contribution in [-0.4, -0.2) is 50.5 Å². The van der Waals surface area contributed by atoms with Crippen LogP contribution in [0.3, 0.4) is 0 Å². The molecule has 3 rings (SSSR count). The molecule has 1 aliphatic rings. The van der Waals surface area contributed by atoms with E-state index in [2.05, 4.69) is 10.0 Å². The number of anilines is 2. The number of aromatic hydroxyl groups is 1. The first-order valence-corrected chi connectivity index (χ1v) is 11.5. The number of rotatable bonds is 9. The Morgan fingerprint density at radius 3 is 2.45 bits per heavy atom. The first-order valence-electron chi connectivity index (χ1n) is 9.88. The topological polar surface area (TPSA) is 117 Å². The van der Waals surface area contributed by atoms with Crippen LogP contribution in [0.2, 0.25) is 0 Å². The summed E-state index contributed by atoms with van der Waals surface area (Å²) in [7, 11) is -0.551. The van der Waals surface area contributed by atoms with Crippen molar-refractivity contribution in [2.45, 2.75) is 32.4 Å². The number of amides is 2. The molecule has 9 nitrogen and oxygen atoms in total. The average Bonchev–Trinajstić information content (AvgIpc) is 3.59. The smallest absolute Gasteiger partial charge is 0.322 e. The molecule has 0 spiro atoms. The summed E-state index contributed by atoms with van der Waals surface area (Å²) >= 11 is 0. The zero-order chi connectivity index (χ0) is 22.6. The number of hydrogen-bond donors (Lipinski definition) is 3. The zero-order valence-corrected chi connectivity index (χ0v) is 18.5. The van der Waals surface area contributed by atoms with Crippen LogP contribution in [-0.2, 0) is 16.6 Å². The van der Waals surface area contributed by atoms with Crippen molar-refractivity contribution in [1.29, 1.82) is 0 Å². The van der Waals surface area contributed by atoms with E-state index >= 15 is 0 Å². The lowest BCUT2D eigenvalue weighted by Crippen LogP contribution is -2.36. The fourth-order valence-corrected chi connectivity index (χ4v) is 3.71. The van der Waals surface area contributed by atoms with Crippen molar-refractivity contribution < 1.29 is 27.8 Å². The average molecular weight is 450 g/mol. The molecule has 1 aliphatic carbocycles. The number of ether oxygens (including phenoxy) is 2. The molecule has 3 N–H and O–H groups in total. The van der Waals surface area contributed by atoms with Gasteiger partial charge in [0.05, 0.1) is 25.7 Å². The molecule has 0 unspecified atom stereocenters. The Hall–Kier alpha value is -3.14. The zero-order valence-electron chi connectivity index (χ0n) is 17.7. The van der Waals surface area contributed by atoms with Crippen molar-refractivity contribution >= 4 is 27.4 Å². The second kappa shape index (κ2) is 9.34. The van der Waals surface area contributed by atoms with E-state index in [-0.39, 0.29) is 23.6 Å². The molecule has 0 saturated heterocycles. The Kier molecular flexibility index (Phi) is 6.79. The number of sulfonamides is 1. The van der Waals surface area contributed by atoms with Crippen LogP contribution in [0, 0.1) is 0 Å². The summed E-state index contributed by atoms with van der Waals surface area (Å²) in [5.74, 6) is 0.631. The number of phenolic OH excluding ortho intramolecular Hbond substituents is 1. The Morgan fingerprint density at radius 1 is 1.13 bits per heavy atom. The summed E-state index contributed by atoms with van der Waals surface area (Å²) in [6, 6.07) is 9.58. The highest BCUT2D eigenvalue weighted by molar-refractivity contribution is 7.92. The van der Waals surface area contributed by atoms with Gasteiger partial charge in [-0.05, 0) is 49.6 Å². The van der Waals surface area contributed by atoms with Crippen molar-refractivity contribution in [3.05, 3.63) is 42.0 Å². The van der Waals surface area contributed by atoms with E-state index in [9.17, 15) is 18.3 Å². The van der Waals surface area contributed by atoms with Gasteiger partial charge in [-0.25, -0.2) is 13.2 Å². The highest BCUT2D eigenvalue weighted by Gasteiger charge is 2.33. The molecule has 0 radical (unpaired) electrons. The minimum Gasteiger partial charge on any atom is -0.504 e. The van der Waals surface area contributed by atoms with Crippen LogP contribution >= 0.6 is 0 Å². The Labute approximate surface area is 182 Å². The molecule has 10 heteroatoms. The van der Waals surface area contributed by atoms with Crippen LogP contribution in [0.25, 0.3) is 0 Å². The van der Waals surface area contributed by atoms with Gasteiger partial charge >= 0.3 is 6.03 Å². The Morgan fingerprint density at radius 2 is 1.84 bits per heavy atom. The minimum absolute atomic E-state index is 0.0413. The van der Waals surface area contributed by atoms with Crippen molar-refractivity contribution in [3.63, 3.8) is 0 Å². The van der Waals surface area contributed by atoms with Gasteiger partial charge in [0, 0.05) is 24.3 Å². The second-order valence-corrected chi connectivity index (χ2v) is 9.23. The highest BCUT2D eigenvalue weighted by atomic mass is 32.2. The summed E-state index contributed by atoms with van der Waals surface area (Å²) < 4.78 is 36.6. The third-order valence-electron chi connectivity index (χ3n) is 4.94. The fourth-order valence-electron chi connectivity index (χ4n) is 3.06. The van der Waals surface area contributed by atoms with Gasteiger partial charge < -0.3 is 24.8 Å². The molecule has 1 fully saturated rings. The summed E-state index contributed by atoms with van der Waals surface area (Å²) in [5, 5.41) is 12.6. The number of carbonyl (C=O) groups is 1. The third-order valence-corrected chi connectivity index (χ3v) is 6.23. The lowest BCUT2D eigenvalue weighted by atomic mass is 10.2. The quantitative estimate of drug-likeness (QED) is 0.540. The monoisotopic (exact) mass is 449 g/mol. The van der Waals surface area contributed by atoms with Crippen molar-refractivity contribution in [3.8, 4) is 17.2 Å². The number of phenols is 1. The molecule has 2 amide bonds. The van der Waals surface area contributed by atoms with Crippen LogP contribution in [0.15, 0.2) is 36.4 Å². The van der Waals surface area contributed by atoms with Crippen molar-refractivity contribution in [2.75, 3.05) is 30.0 Å². The van der Waals surface area contributed by atoms with Crippen molar-refractivity contribution in [2.24, 2.45) is 0 Å². The van der Waals surface area contributed by atoms with E-state index in [1.807, 2.05) is 0 Å². The molecule has 1 saturated carbocycles. The summed E-state index contributed by atoms with van der Waals surface area (Å²) in [6.45, 7) is 1.90. The van der Waals surface area contributed by atoms with Gasteiger partial charge in [-0.2, -0.15) is 0 Å². The highest BCUT2D eigenvalue weighted by Crippen LogP contribution is 2.33. The summed E-state index contributed by atoms with van der Waals surface area (Å²) in [6.07, 6.45) is 1.84. The molecule has 2 aromatic rings. The molecule has 2 aromatic carbocycles. The first-order chi connectivity index (χ1) is 14.8. The lowest BCUT2D eigenvalue weighted by Gasteiger charge is -2.23. The van der Waals surface area contributed by atoms with E-state index in [1.54, 1.807) is 42.2 Å². The molecular formula is C21H27N3O6S. The second-order valence-electron chi connectivity index (χ2n) is 7.22. The standard InChI is InChI=1S/C21H27N3O6S/c1-4-31(27,28)23-17-9-6-15(12-19(17)29-2)22-21(26)24(16-7-8-16)13-14-5-10-18(25)20(11-14)30-3/h5-6,9-12,16,23,25H,4,7-8,13H2,1-3H3,(H,22,26). The number of urea groups is 1. The predicted octanol–water partition coefficient (Wildman–Crippen LogP) is 3.37. The van der Waals surface area contributed by atoms with Gasteiger partial charge in [-0.1, -0.05) is 6.07 Å². The normalized spacial score (nSPS) is 13.4. The van der Waals surface area contributed by atoms with Crippen LogP contribution in [0.5, 0.6) is 17.2 Å². The Bertz CT molecular complexity index is 1050. The maximum atomic E-state index is 13.0. The summed E-state index contributed by atoms with van der Waals surface area (Å²) in [5.41, 5.74) is 1.62. The molecule has 31 heavy (non-hydrogen) atoms. The largest absolute Gasteiger partial charge is 0.504 e. The third kappa shape index (κ3) is 5.72. The molecule has 0 heterocycles. The fraction of sp³-hybridized carbons (Fsp3) is 0.381. The molecule has 168 valence electrons. The van der Waals surface area contributed by atoms with Gasteiger partial charge in [-0.15, -0.1) is 0 Å². The van der Waals surface area contributed by atoms with Crippen LogP contribution in [0.4, 0.5) is 16.2 Å². The molecule has 0 aliphatic heterocycles. The van der Waals surface area contributed by atoms with Gasteiger partial charge in [0.1, 0.15) is 5.75 Å². The maximum Gasteiger partial charge on any atom is 0.322 e. The van der Waals surface area contributed by atoms with Gasteiger partial charge in [0.15, 0.2) is 11.5 Å². The SMILES string of the molecule is CCS(=O)(=O)Nc1ccc(NC(=O)N(Cc2ccc(O)c(OC)c2)C2CC2)cc1OC. The molecular weight excluding hydrogens is 422 g/mol. The lowest BCUT2D eigenvalue weighted by molar-refractivity contribution is 0.206. The molecule has 0 bridgehead atoms. The van der Waals surface area contributed by atoms with Gasteiger partial charge in [-0.3, -0.25) is 4.72 Å².